The summed E-state index contributed by atoms with van der Waals surface area (Å²) in [5, 5.41) is 0. The van der Waals surface area contributed by atoms with Gasteiger partial charge in [0, 0.05) is 17.7 Å². The quantitative estimate of drug-likeness (QED) is 0.435. The van der Waals surface area contributed by atoms with Crippen LogP contribution in [0.15, 0.2) is 4.99 Å². The van der Waals surface area contributed by atoms with E-state index < -0.39 is 0 Å². The van der Waals surface area contributed by atoms with Gasteiger partial charge in [-0.1, -0.05) is 72.6 Å². The van der Waals surface area contributed by atoms with Gasteiger partial charge in [-0.15, -0.1) is 0 Å². The molecule has 2 bridgehead atoms. The van der Waals surface area contributed by atoms with Crippen LogP contribution in [0.3, 0.4) is 0 Å². The number of aliphatic imine (C=N–C) groups is 1. The van der Waals surface area contributed by atoms with Crippen LogP contribution in [0.1, 0.15) is 98.3 Å². The van der Waals surface area contributed by atoms with Crippen molar-refractivity contribution in [3.8, 4) is 0 Å². The average molecular weight is 292 g/mol. The summed E-state index contributed by atoms with van der Waals surface area (Å²) in [5.41, 5.74) is 2.47. The molecule has 2 aliphatic carbocycles. The number of unbranched alkanes of at least 4 members (excludes halogenated alkanes) is 7. The highest BCUT2D eigenvalue weighted by molar-refractivity contribution is 5.94. The highest BCUT2D eigenvalue weighted by Crippen LogP contribution is 2.63. The fourth-order valence-electron chi connectivity index (χ4n) is 4.63. The first-order valence-corrected chi connectivity index (χ1v) is 9.56. The molecule has 2 saturated carbocycles. The molecule has 21 heavy (non-hydrogen) atoms. The number of nitrogens with zero attached hydrogens (tertiary/aromatic N) is 1. The van der Waals surface area contributed by atoms with Gasteiger partial charge in [-0.05, 0) is 37.0 Å². The molecule has 0 radical (unpaired) electrons. The van der Waals surface area contributed by atoms with Gasteiger partial charge in [0.2, 0.25) is 0 Å². The smallest absolute Gasteiger partial charge is 0.0388 e. The van der Waals surface area contributed by atoms with Crippen molar-refractivity contribution in [3.05, 3.63) is 0 Å². The van der Waals surface area contributed by atoms with E-state index in [0.29, 0.717) is 10.8 Å². The Kier molecular flexibility index (Phi) is 5.91. The normalized spacial score (nSPS) is 32.2. The zero-order chi connectivity index (χ0) is 15.3. The fraction of sp³-hybridized carbons (Fsp3) is 0.950. The SMILES string of the molecule is CCCCCCCCCCN=C1C[C@H]2CC[C@]1(C)C2(C)C. The van der Waals surface area contributed by atoms with E-state index in [0.717, 1.165) is 12.5 Å². The van der Waals surface area contributed by atoms with E-state index in [-0.39, 0.29) is 0 Å². The Bertz CT molecular complexity index is 355. The van der Waals surface area contributed by atoms with Crippen molar-refractivity contribution in [1.29, 1.82) is 0 Å². The lowest BCUT2D eigenvalue weighted by Gasteiger charge is -2.34. The summed E-state index contributed by atoms with van der Waals surface area (Å²) in [7, 11) is 0. The maximum absolute atomic E-state index is 5.04. The van der Waals surface area contributed by atoms with Crippen LogP contribution in [0, 0.1) is 16.7 Å². The van der Waals surface area contributed by atoms with Crippen molar-refractivity contribution in [1.82, 2.24) is 0 Å². The molecule has 1 heteroatoms. The Morgan fingerprint density at radius 3 is 2.10 bits per heavy atom. The molecule has 0 N–H and O–H groups in total. The molecule has 0 spiro atoms. The summed E-state index contributed by atoms with van der Waals surface area (Å²) in [4.78, 5) is 5.04. The summed E-state index contributed by atoms with van der Waals surface area (Å²) in [5.74, 6) is 0.903. The largest absolute Gasteiger partial charge is 0.294 e. The highest BCUT2D eigenvalue weighted by Gasteiger charge is 2.59. The fourth-order valence-corrected chi connectivity index (χ4v) is 4.63. The van der Waals surface area contributed by atoms with Crippen molar-refractivity contribution >= 4 is 5.71 Å². The lowest BCUT2D eigenvalue weighted by Crippen LogP contribution is -2.32. The van der Waals surface area contributed by atoms with E-state index in [4.69, 9.17) is 4.99 Å². The monoisotopic (exact) mass is 291 g/mol. The minimum absolute atomic E-state index is 0.415. The predicted molar refractivity (Wildman–Crippen MR) is 94.1 cm³/mol. The van der Waals surface area contributed by atoms with Gasteiger partial charge in [0.25, 0.3) is 0 Å². The van der Waals surface area contributed by atoms with E-state index in [9.17, 15) is 0 Å². The number of hydrogen-bond acceptors (Lipinski definition) is 1. The third-order valence-electron chi connectivity index (χ3n) is 6.83. The summed E-state index contributed by atoms with van der Waals surface area (Å²) in [6.07, 6.45) is 15.3. The van der Waals surface area contributed by atoms with Crippen molar-refractivity contribution in [2.45, 2.75) is 98.3 Å². The molecule has 2 fully saturated rings. The molecule has 0 aromatic heterocycles. The molecule has 0 saturated heterocycles. The van der Waals surface area contributed by atoms with Crippen molar-refractivity contribution in [3.63, 3.8) is 0 Å². The molecule has 1 nitrogen and oxygen atoms in total. The van der Waals surface area contributed by atoms with E-state index in [1.54, 1.807) is 5.71 Å². The molecule has 2 aliphatic rings. The second-order valence-corrected chi connectivity index (χ2v) is 8.30. The lowest BCUT2D eigenvalue weighted by molar-refractivity contribution is 0.194. The molecule has 2 atom stereocenters. The summed E-state index contributed by atoms with van der Waals surface area (Å²) < 4.78 is 0. The van der Waals surface area contributed by atoms with Crippen LogP contribution in [-0.2, 0) is 0 Å². The van der Waals surface area contributed by atoms with Crippen LogP contribution in [0.2, 0.25) is 0 Å². The van der Waals surface area contributed by atoms with Crippen LogP contribution < -0.4 is 0 Å². The Morgan fingerprint density at radius 1 is 0.952 bits per heavy atom. The second kappa shape index (κ2) is 7.29. The molecule has 0 aliphatic heterocycles. The first kappa shape index (κ1) is 17.0. The minimum Gasteiger partial charge on any atom is -0.294 e. The van der Waals surface area contributed by atoms with Crippen LogP contribution in [0.25, 0.3) is 0 Å². The Hall–Kier alpha value is -0.330. The number of hydrogen-bond donors (Lipinski definition) is 0. The van der Waals surface area contributed by atoms with Crippen molar-refractivity contribution in [2.24, 2.45) is 21.7 Å². The number of fused-ring (bicyclic) bond motifs is 2. The average Bonchev–Trinajstić information content (AvgIpc) is 2.78. The van der Waals surface area contributed by atoms with Gasteiger partial charge >= 0.3 is 0 Å². The standard InChI is InChI=1S/C20H37N/c1-5-6-7-8-9-10-11-12-15-21-18-16-17-13-14-20(18,4)19(17,2)3/h17H,5-16H2,1-4H3/t17-,20+/m1/s1. The first-order valence-electron chi connectivity index (χ1n) is 9.56. The van der Waals surface area contributed by atoms with E-state index in [1.165, 1.54) is 70.6 Å². The van der Waals surface area contributed by atoms with Crippen molar-refractivity contribution in [2.75, 3.05) is 6.54 Å². The van der Waals surface area contributed by atoms with Gasteiger partial charge in [-0.3, -0.25) is 4.99 Å². The number of rotatable bonds is 9. The molecule has 122 valence electrons. The Balaban J connectivity index is 1.63. The van der Waals surface area contributed by atoms with Crippen LogP contribution in [0.4, 0.5) is 0 Å². The minimum atomic E-state index is 0.415. The second-order valence-electron chi connectivity index (χ2n) is 8.30. The summed E-state index contributed by atoms with van der Waals surface area (Å²) in [6, 6.07) is 0. The molecular weight excluding hydrogens is 254 g/mol. The third kappa shape index (κ3) is 3.54. The van der Waals surface area contributed by atoms with Gasteiger partial charge in [0.05, 0.1) is 0 Å². The predicted octanol–water partition coefficient (Wildman–Crippen LogP) is 6.41. The van der Waals surface area contributed by atoms with Crippen molar-refractivity contribution < 1.29 is 0 Å². The highest BCUT2D eigenvalue weighted by atomic mass is 14.8. The van der Waals surface area contributed by atoms with Gasteiger partial charge in [0.15, 0.2) is 0 Å². The molecule has 0 aromatic carbocycles. The first-order chi connectivity index (χ1) is 10.0. The lowest BCUT2D eigenvalue weighted by atomic mass is 9.70. The summed E-state index contributed by atoms with van der Waals surface area (Å²) >= 11 is 0. The molecular formula is C20H37N. The van der Waals surface area contributed by atoms with E-state index >= 15 is 0 Å². The van der Waals surface area contributed by atoms with E-state index in [2.05, 4.69) is 27.7 Å². The topological polar surface area (TPSA) is 12.4 Å². The zero-order valence-electron chi connectivity index (χ0n) is 15.0. The molecule has 0 heterocycles. The molecule has 0 amide bonds. The van der Waals surface area contributed by atoms with Gasteiger partial charge in [0.1, 0.15) is 0 Å². The van der Waals surface area contributed by atoms with Gasteiger partial charge in [-0.2, -0.15) is 0 Å². The zero-order valence-corrected chi connectivity index (χ0v) is 15.0. The van der Waals surface area contributed by atoms with Gasteiger partial charge in [-0.25, -0.2) is 0 Å². The third-order valence-corrected chi connectivity index (χ3v) is 6.83. The summed E-state index contributed by atoms with van der Waals surface area (Å²) in [6.45, 7) is 10.8. The maximum atomic E-state index is 5.04. The molecule has 2 rings (SSSR count). The van der Waals surface area contributed by atoms with Crippen LogP contribution >= 0.6 is 0 Å². The van der Waals surface area contributed by atoms with Gasteiger partial charge < -0.3 is 0 Å². The van der Waals surface area contributed by atoms with Crippen LogP contribution in [-0.4, -0.2) is 12.3 Å². The Labute approximate surface area is 133 Å². The molecule has 0 unspecified atom stereocenters. The maximum Gasteiger partial charge on any atom is 0.0388 e. The van der Waals surface area contributed by atoms with Crippen LogP contribution in [0.5, 0.6) is 0 Å². The Morgan fingerprint density at radius 2 is 1.57 bits per heavy atom. The molecule has 0 aromatic rings. The van der Waals surface area contributed by atoms with E-state index in [1.807, 2.05) is 0 Å².